The second kappa shape index (κ2) is 14.7. The highest BCUT2D eigenvalue weighted by atomic mass is 16.2. The number of amides is 2. The van der Waals surface area contributed by atoms with Gasteiger partial charge in [-0.2, -0.15) is 0 Å². The van der Waals surface area contributed by atoms with E-state index in [2.05, 4.69) is 55.6 Å². The quantitative estimate of drug-likeness (QED) is 0.160. The molecule has 7 nitrogen and oxygen atoms in total. The van der Waals surface area contributed by atoms with Gasteiger partial charge in [-0.3, -0.25) is 9.59 Å². The molecule has 0 unspecified atom stereocenters. The topological polar surface area (TPSA) is 77.6 Å². The van der Waals surface area contributed by atoms with Crippen LogP contribution in [0.15, 0.2) is 115 Å². The molecule has 0 radical (unpaired) electrons. The van der Waals surface area contributed by atoms with E-state index in [0.29, 0.717) is 11.1 Å². The molecule has 7 heteroatoms. The first kappa shape index (κ1) is 32.8. The average molecular weight is 640 g/mol. The third kappa shape index (κ3) is 7.20. The highest BCUT2D eigenvalue weighted by Gasteiger charge is 2.31. The average Bonchev–Trinajstić information content (AvgIpc) is 3.12. The van der Waals surface area contributed by atoms with Crippen LogP contribution in [0, 0.1) is 0 Å². The Morgan fingerprint density at radius 2 is 1.21 bits per heavy atom. The van der Waals surface area contributed by atoms with E-state index in [0.717, 1.165) is 59.2 Å². The first-order valence-corrected chi connectivity index (χ1v) is 17.0. The van der Waals surface area contributed by atoms with Crippen molar-refractivity contribution in [1.82, 2.24) is 15.2 Å². The molecule has 1 fully saturated rings. The number of carbonyl (C=O) groups excluding carboxylic acids is 2. The molecule has 48 heavy (non-hydrogen) atoms. The van der Waals surface area contributed by atoms with Crippen LogP contribution in [-0.2, 0) is 0 Å². The summed E-state index contributed by atoms with van der Waals surface area (Å²) in [4.78, 5) is 37.2. The number of nitrogens with zero attached hydrogens (tertiary/aromatic N) is 3. The molecule has 246 valence electrons. The molecule has 1 aromatic heterocycles. The van der Waals surface area contributed by atoms with E-state index >= 15 is 0 Å². The Bertz CT molecular complexity index is 1810. The van der Waals surface area contributed by atoms with Gasteiger partial charge in [0.25, 0.3) is 11.8 Å². The van der Waals surface area contributed by atoms with Gasteiger partial charge in [-0.15, -0.1) is 0 Å². The van der Waals surface area contributed by atoms with Gasteiger partial charge in [0.2, 0.25) is 0 Å². The van der Waals surface area contributed by atoms with Crippen LogP contribution in [0.2, 0.25) is 0 Å². The van der Waals surface area contributed by atoms with Crippen molar-refractivity contribution in [2.75, 3.05) is 24.3 Å². The molecular formula is C41H45N5O2. The van der Waals surface area contributed by atoms with Crippen LogP contribution >= 0.6 is 0 Å². The summed E-state index contributed by atoms with van der Waals surface area (Å²) in [5, 5.41) is 8.05. The van der Waals surface area contributed by atoms with Gasteiger partial charge in [-0.25, -0.2) is 4.98 Å². The van der Waals surface area contributed by atoms with E-state index in [4.69, 9.17) is 4.98 Å². The van der Waals surface area contributed by atoms with Gasteiger partial charge in [0.05, 0.1) is 28.7 Å². The smallest absolute Gasteiger partial charge is 0.255 e. The summed E-state index contributed by atoms with van der Waals surface area (Å²) < 4.78 is 0. The summed E-state index contributed by atoms with van der Waals surface area (Å²) in [5.41, 5.74) is 5.00. The number of hydrogen-bond donors (Lipinski definition) is 2. The number of aromatic nitrogens is 1. The third-order valence-corrected chi connectivity index (χ3v) is 9.63. The highest BCUT2D eigenvalue weighted by molar-refractivity contribution is 6.07. The van der Waals surface area contributed by atoms with E-state index in [-0.39, 0.29) is 36.0 Å². The molecule has 1 saturated carbocycles. The van der Waals surface area contributed by atoms with Gasteiger partial charge in [0.1, 0.15) is 5.82 Å². The van der Waals surface area contributed by atoms with E-state index in [1.807, 2.05) is 95.9 Å². The molecule has 0 saturated heterocycles. The maximum absolute atomic E-state index is 14.5. The number of benzene rings is 4. The van der Waals surface area contributed by atoms with Crippen LogP contribution in [0.25, 0.3) is 10.9 Å². The molecule has 0 spiro atoms. The van der Waals surface area contributed by atoms with Crippen molar-refractivity contribution in [3.63, 3.8) is 0 Å². The summed E-state index contributed by atoms with van der Waals surface area (Å²) in [6.45, 7) is 4.10. The summed E-state index contributed by atoms with van der Waals surface area (Å²) >= 11 is 0. The second-order valence-corrected chi connectivity index (χ2v) is 13.0. The van der Waals surface area contributed by atoms with Crippen LogP contribution in [-0.4, -0.2) is 47.9 Å². The molecule has 2 N–H and O–H groups in total. The second-order valence-electron chi connectivity index (χ2n) is 13.0. The molecule has 1 aliphatic carbocycles. The zero-order valence-corrected chi connectivity index (χ0v) is 28.3. The number of pyridine rings is 1. The minimum Gasteiger partial charge on any atom is -0.377 e. The van der Waals surface area contributed by atoms with Crippen LogP contribution in [0.3, 0.4) is 0 Å². The number of fused-ring (bicyclic) bond motifs is 1. The fourth-order valence-corrected chi connectivity index (χ4v) is 6.93. The first-order valence-electron chi connectivity index (χ1n) is 17.0. The maximum atomic E-state index is 14.5. The number of para-hydroxylation sites is 1. The van der Waals surface area contributed by atoms with Crippen molar-refractivity contribution < 1.29 is 9.59 Å². The van der Waals surface area contributed by atoms with E-state index in [1.165, 1.54) is 0 Å². The Kier molecular flexibility index (Phi) is 10.0. The van der Waals surface area contributed by atoms with Crippen LogP contribution in [0.4, 0.5) is 11.5 Å². The summed E-state index contributed by atoms with van der Waals surface area (Å²) in [7, 11) is 4.10. The summed E-state index contributed by atoms with van der Waals surface area (Å²) in [6, 6.07) is 37.5. The number of rotatable bonds is 10. The number of carbonyl (C=O) groups is 2. The summed E-state index contributed by atoms with van der Waals surface area (Å²) in [6.07, 6.45) is 3.51. The molecule has 0 bridgehead atoms. The third-order valence-electron chi connectivity index (χ3n) is 9.63. The Hall–Kier alpha value is -5.17. The molecule has 5 aromatic rings. The van der Waals surface area contributed by atoms with Crippen LogP contribution in [0.1, 0.15) is 83.5 Å². The maximum Gasteiger partial charge on any atom is 0.255 e. The molecule has 2 amide bonds. The first-order chi connectivity index (χ1) is 23.3. The molecule has 2 atom stereocenters. The van der Waals surface area contributed by atoms with Crippen LogP contribution < -0.4 is 15.5 Å². The number of anilines is 2. The van der Waals surface area contributed by atoms with Crippen molar-refractivity contribution in [1.29, 1.82) is 0 Å². The number of nitrogens with one attached hydrogen (secondary N) is 2. The van der Waals surface area contributed by atoms with E-state index in [9.17, 15) is 9.59 Å². The normalized spacial score (nSPS) is 17.2. The van der Waals surface area contributed by atoms with Gasteiger partial charge in [0, 0.05) is 43.3 Å². The lowest BCUT2D eigenvalue weighted by Gasteiger charge is -2.36. The predicted molar refractivity (Wildman–Crippen MR) is 196 cm³/mol. The lowest BCUT2D eigenvalue weighted by molar-refractivity contribution is 0.0599. The lowest BCUT2D eigenvalue weighted by atomic mass is 9.90. The zero-order chi connectivity index (χ0) is 33.6. The van der Waals surface area contributed by atoms with Gasteiger partial charge < -0.3 is 20.4 Å². The minimum absolute atomic E-state index is 0.0307. The Morgan fingerprint density at radius 3 is 1.81 bits per heavy atom. The van der Waals surface area contributed by atoms with Crippen molar-refractivity contribution in [3.8, 4) is 0 Å². The monoisotopic (exact) mass is 639 g/mol. The molecule has 0 aliphatic heterocycles. The van der Waals surface area contributed by atoms with Crippen molar-refractivity contribution >= 4 is 34.2 Å². The Morgan fingerprint density at radius 1 is 0.688 bits per heavy atom. The molecule has 1 aliphatic rings. The van der Waals surface area contributed by atoms with Gasteiger partial charge >= 0.3 is 0 Å². The fraction of sp³-hybridized carbons (Fsp3) is 0.293. The van der Waals surface area contributed by atoms with E-state index in [1.54, 1.807) is 12.1 Å². The number of hydrogen-bond acceptors (Lipinski definition) is 5. The van der Waals surface area contributed by atoms with Gasteiger partial charge in [-0.1, -0.05) is 91.0 Å². The standard InChI is InChI=1S/C41H45N5O2/c1-28(30-15-7-5-8-16-30)46(29(2)31-17-9-6-10-18-31)41(48)35-20-12-11-19-34(35)40(47)43-33-25-23-32(24-26-33)42-39-27-38(45(3)4)36-21-13-14-22-37(36)44-39/h5-22,27-29,32-33H,23-26H2,1-4H3,(H,42,44)(H,43,47)/t28-,29-,32-,33+/m0/s1. The minimum atomic E-state index is -0.210. The molecule has 6 rings (SSSR count). The molecule has 4 aromatic carbocycles. The van der Waals surface area contributed by atoms with Crippen molar-refractivity contribution in [3.05, 3.63) is 138 Å². The Labute approximate surface area is 284 Å². The van der Waals surface area contributed by atoms with Crippen molar-refractivity contribution in [2.45, 2.75) is 63.7 Å². The zero-order valence-electron chi connectivity index (χ0n) is 28.3. The lowest BCUT2D eigenvalue weighted by Crippen LogP contribution is -2.41. The summed E-state index contributed by atoms with van der Waals surface area (Å²) in [5.74, 6) is 0.500. The molecule has 1 heterocycles. The fourth-order valence-electron chi connectivity index (χ4n) is 6.93. The Balaban J connectivity index is 1.15. The SMILES string of the molecule is C[C@@H](c1ccccc1)N(C(=O)c1ccccc1C(=O)N[C@H]1CC[C@@H](Nc2cc(N(C)C)c3ccccc3n2)CC1)[C@@H](C)c1ccccc1. The van der Waals surface area contributed by atoms with Crippen LogP contribution in [0.5, 0.6) is 0 Å². The van der Waals surface area contributed by atoms with E-state index < -0.39 is 0 Å². The van der Waals surface area contributed by atoms with Crippen molar-refractivity contribution in [2.24, 2.45) is 0 Å². The predicted octanol–water partition coefficient (Wildman–Crippen LogP) is 8.42. The van der Waals surface area contributed by atoms with Gasteiger partial charge in [-0.05, 0) is 68.9 Å². The largest absolute Gasteiger partial charge is 0.377 e. The van der Waals surface area contributed by atoms with Gasteiger partial charge in [0.15, 0.2) is 0 Å². The highest BCUT2D eigenvalue weighted by Crippen LogP contribution is 2.33. The molecular weight excluding hydrogens is 594 g/mol.